The van der Waals surface area contributed by atoms with Crippen LogP contribution in [0.15, 0.2) is 78.6 Å². The van der Waals surface area contributed by atoms with Crippen LogP contribution in [-0.4, -0.2) is 168 Å². The third-order valence-electron chi connectivity index (χ3n) is 19.9. The zero-order valence-corrected chi connectivity index (χ0v) is 82.3. The number of carboxylic acid groups (broad SMARTS) is 1. The SMILES string of the molecule is C.CCCCn1cc2c(c(C(=O)O)c1=O)CCCC2.CCOO.COC(OC)N(C)C.CS(=O)(=O)Cl.CS(=O)(=O)OC1=CC(=O)CCC1.ClCCl.N#CC(C(N)=O)C1=CC(=O)CCC1.N#CCC(N)=O.O=C1C=C(Cl)CCC1.O=C1CCCC(=O)C1.[C-]#[N+]c1c2c(c[nH]c1=O)C(=O)CCC2.[C-]#[N+]c1c2c(cn(CCCC)c1=O)C(=O)CCC2.[C-]#[N+]c1c2c(cn(CCCC)c1=O)CCCC2. The number of rotatable bonds is 19. The number of carboxylic acids is 1. The number of alkyl halides is 2. The maximum absolute atomic E-state index is 12.2. The third-order valence-corrected chi connectivity index (χ3v) is 20.7. The van der Waals surface area contributed by atoms with Crippen molar-refractivity contribution in [3.05, 3.63) is 185 Å². The molecule has 1 saturated carbocycles. The molecule has 744 valence electrons. The van der Waals surface area contributed by atoms with E-state index in [2.05, 4.69) is 58.9 Å². The van der Waals surface area contributed by atoms with Crippen LogP contribution in [0.4, 0.5) is 17.1 Å². The van der Waals surface area contributed by atoms with E-state index in [1.54, 1.807) is 48.6 Å². The van der Waals surface area contributed by atoms with Gasteiger partial charge in [0.25, 0.3) is 39.3 Å². The maximum atomic E-state index is 12.2. The summed E-state index contributed by atoms with van der Waals surface area (Å²) in [6.45, 7) is 31.5. The highest BCUT2D eigenvalue weighted by Gasteiger charge is 2.28. The van der Waals surface area contributed by atoms with E-state index < -0.39 is 48.4 Å². The summed E-state index contributed by atoms with van der Waals surface area (Å²) in [5, 5.41) is 33.9. The van der Waals surface area contributed by atoms with Gasteiger partial charge in [-0.05, 0) is 201 Å². The molecular weight excluding hydrogens is 1880 g/mol. The molecule has 1 fully saturated rings. The highest BCUT2D eigenvalue weighted by molar-refractivity contribution is 8.13. The lowest BCUT2D eigenvalue weighted by Crippen LogP contribution is -2.30. The zero-order chi connectivity index (χ0) is 102. The van der Waals surface area contributed by atoms with Crippen LogP contribution in [0.25, 0.3) is 14.5 Å². The first kappa shape index (κ1) is 126. The number of primary amides is 2. The molecule has 8 aliphatic rings. The highest BCUT2D eigenvalue weighted by Crippen LogP contribution is 2.31. The number of ether oxygens (including phenoxy) is 2. The van der Waals surface area contributed by atoms with Crippen molar-refractivity contribution in [1.82, 2.24) is 23.6 Å². The second-order valence-corrected chi connectivity index (χ2v) is 36.8. The number of hydrogen-bond donors (Lipinski definition) is 5. The first-order valence-electron chi connectivity index (χ1n) is 43.4. The molecule has 8 aliphatic carbocycles. The first-order chi connectivity index (χ1) is 63.4. The number of aromatic amines is 1. The van der Waals surface area contributed by atoms with Gasteiger partial charge in [-0.25, -0.2) is 32.6 Å². The number of aromatic carboxylic acids is 1. The van der Waals surface area contributed by atoms with E-state index in [4.69, 9.17) is 85.5 Å². The quantitative estimate of drug-likeness (QED) is 0.00850. The molecule has 0 bridgehead atoms. The number of Topliss-reactive ketones (excluding diaryl/α,β-unsaturated/α-hetero) is 4. The molecule has 2 amide bonds. The van der Waals surface area contributed by atoms with Crippen LogP contribution >= 0.6 is 45.5 Å². The van der Waals surface area contributed by atoms with Gasteiger partial charge in [-0.15, -0.1) is 23.2 Å². The van der Waals surface area contributed by atoms with Crippen molar-refractivity contribution < 1.29 is 93.7 Å². The Morgan fingerprint density at radius 2 is 0.970 bits per heavy atom. The third kappa shape index (κ3) is 50.6. The number of hydrogen-bond acceptors (Lipinski definition) is 26. The zero-order valence-electron chi connectivity index (χ0n) is 77.7. The summed E-state index contributed by atoms with van der Waals surface area (Å²) in [6, 6.07) is 3.39. The fourth-order valence-corrected chi connectivity index (χ4v) is 14.5. The van der Waals surface area contributed by atoms with Crippen molar-refractivity contribution in [1.29, 1.82) is 10.5 Å². The molecule has 0 radical (unpaired) electrons. The molecule has 135 heavy (non-hydrogen) atoms. The Bertz CT molecular complexity index is 5440. The van der Waals surface area contributed by atoms with Gasteiger partial charge in [-0.2, -0.15) is 18.9 Å². The molecule has 0 saturated heterocycles. The molecule has 0 spiro atoms. The monoisotopic (exact) mass is 2000 g/mol. The van der Waals surface area contributed by atoms with Crippen LogP contribution in [-0.2, 0) is 129 Å². The number of H-pyrrole nitrogens is 1. The second-order valence-electron chi connectivity index (χ2n) is 30.9. The van der Waals surface area contributed by atoms with Crippen molar-refractivity contribution in [3.63, 3.8) is 0 Å². The highest BCUT2D eigenvalue weighted by atomic mass is 35.7. The summed E-state index contributed by atoms with van der Waals surface area (Å²) in [7, 11) is 4.82. The molecule has 42 heteroatoms. The Kier molecular flexibility index (Phi) is 65.4. The van der Waals surface area contributed by atoms with Crippen molar-refractivity contribution in [2.45, 2.75) is 279 Å². The topological polar surface area (TPSA) is 531 Å². The number of aromatic nitrogens is 4. The van der Waals surface area contributed by atoms with Crippen LogP contribution in [0.1, 0.15) is 279 Å². The van der Waals surface area contributed by atoms with Gasteiger partial charge in [0.15, 0.2) is 28.9 Å². The number of aryl methyl sites for hydroxylation is 5. The average molecular weight is 2000 g/mol. The largest absolute Gasteiger partial charge is 0.477 e. The van der Waals surface area contributed by atoms with Crippen LogP contribution in [0, 0.1) is 48.3 Å². The number of pyridine rings is 4. The Hall–Kier alpha value is -10.8. The van der Waals surface area contributed by atoms with Gasteiger partial charge in [-0.3, -0.25) is 72.5 Å². The number of fused-ring (bicyclic) bond motifs is 4. The number of nitrogens with two attached hydrogens (primary N) is 2. The molecule has 4 aromatic rings. The number of carbonyl (C=O) groups excluding carboxylic acids is 9. The minimum absolute atomic E-state index is 0. The van der Waals surface area contributed by atoms with Crippen molar-refractivity contribution in [3.8, 4) is 12.1 Å². The molecule has 0 aliphatic heterocycles. The number of carbonyl (C=O) groups is 10. The van der Waals surface area contributed by atoms with Gasteiger partial charge < -0.3 is 48.9 Å². The van der Waals surface area contributed by atoms with Crippen LogP contribution in [0.5, 0.6) is 0 Å². The number of unbranched alkanes of at least 4 members (excludes halogenated alkanes) is 3. The molecule has 0 aromatic carbocycles. The number of nitrogens with zero attached hydrogens (tertiary/aromatic N) is 9. The summed E-state index contributed by atoms with van der Waals surface area (Å²) in [5.74, 6) is -2.62. The van der Waals surface area contributed by atoms with E-state index in [0.717, 1.165) is 151 Å². The van der Waals surface area contributed by atoms with Crippen molar-refractivity contribution >= 4 is 140 Å². The lowest BCUT2D eigenvalue weighted by molar-refractivity contribution is -0.237. The average Bonchev–Trinajstić information content (AvgIpc) is 0.796. The molecule has 1 unspecified atom stereocenters. The molecule has 7 N–H and O–H groups in total. The van der Waals surface area contributed by atoms with E-state index in [1.807, 2.05) is 38.3 Å². The standard InChI is InChI=1S/C14H16N2O2.C14H18N2O.C14H19NO3.C10H8N2O2.C9H10N2O2.C7H10O4S.C6H7ClO.C6H8O2.C5H13NO2.C3H4N2O.C2H6O2.CH2Cl2.CH3ClO2S.CH4/c1-3-4-8-16-9-11-10(6-5-7-12(11)17)13(15-2)14(16)18;1-3-4-9-16-10-11-7-5-6-8-12(11)13(15-2)14(16)17;1-2-3-8-15-9-10-6-4-5-7-11(10)12(13(15)16)14(17)18;1-11-9-6-3-2-4-8(13)7(6)5-12-10(9)14;10-5-8(9(11)13)6-2-1-3-7(12)4-6;1-12(9,10)11-7-4-2-3-6(8)5-7;2*7-5-2-1-3-6(8)4-5;1-6(2)5(7-3)8-4;4-2-1-3(5)6;1-2-4-3;2-1-3;1-5(2,3)4;/h9H,3-8H2,1H3;10H,3-9H2,1H3;9H,2-8H2,1H3,(H,17,18);5H,2-4H2,(H,12,14);4,8H,1-3H2,(H2,11,13);5H,2-4H2,1H3;4H,1-3H2;1-4H2;5H,1-4H3;1H2,(H2,5,6);3H,2H2,1H3;1H2;1H3;1H4. The van der Waals surface area contributed by atoms with Crippen LogP contribution in [0.3, 0.4) is 0 Å². The van der Waals surface area contributed by atoms with Gasteiger partial charge in [0, 0.05) is 143 Å². The van der Waals surface area contributed by atoms with E-state index in [0.29, 0.717) is 142 Å². The Morgan fingerprint density at radius 1 is 0.570 bits per heavy atom. The normalized spacial score (nSPS) is 14.8. The number of nitriles is 2. The minimum Gasteiger partial charge on any atom is -0.477 e. The molecule has 1 atom stereocenters. The number of ketones is 7. The van der Waals surface area contributed by atoms with Gasteiger partial charge in [0.2, 0.25) is 27.3 Å². The van der Waals surface area contributed by atoms with Gasteiger partial charge in [0.1, 0.15) is 35.2 Å². The van der Waals surface area contributed by atoms with Gasteiger partial charge in [0.05, 0.1) is 62.7 Å². The van der Waals surface area contributed by atoms with Crippen LogP contribution in [0.2, 0.25) is 0 Å². The molecule has 36 nitrogen and oxygen atoms in total. The van der Waals surface area contributed by atoms with Crippen LogP contribution < -0.4 is 33.7 Å². The Balaban J connectivity index is 0. The fourth-order valence-electron chi connectivity index (χ4n) is 13.8. The Morgan fingerprint density at radius 3 is 1.33 bits per heavy atom. The fraction of sp³-hybridized carbons (Fsp3) is 0.559. The summed E-state index contributed by atoms with van der Waals surface area (Å²) in [5.41, 5.74) is 16.1. The van der Waals surface area contributed by atoms with Crippen molar-refractivity contribution in [2.24, 2.45) is 17.4 Å². The van der Waals surface area contributed by atoms with Crippen molar-refractivity contribution in [2.75, 3.05) is 52.8 Å². The first-order valence-corrected chi connectivity index (χ1v) is 49.4. The summed E-state index contributed by atoms with van der Waals surface area (Å²) >= 11 is 15.1. The lowest BCUT2D eigenvalue weighted by Gasteiger charge is -2.19. The van der Waals surface area contributed by atoms with Gasteiger partial charge >= 0.3 is 16.1 Å². The maximum Gasteiger partial charge on any atom is 0.341 e. The summed E-state index contributed by atoms with van der Waals surface area (Å²) < 4.78 is 59.2. The second kappa shape index (κ2) is 70.0. The number of halogens is 4. The lowest BCUT2D eigenvalue weighted by atomic mass is 9.89. The molecule has 4 aromatic heterocycles. The smallest absolute Gasteiger partial charge is 0.341 e. The number of methoxy groups -OCH3 is 2. The van der Waals surface area contributed by atoms with E-state index in [-0.39, 0.29) is 112 Å². The summed E-state index contributed by atoms with van der Waals surface area (Å²) in [4.78, 5) is 174. The predicted molar refractivity (Wildman–Crippen MR) is 516 cm³/mol. The molecule has 12 rings (SSSR count). The van der Waals surface area contributed by atoms with E-state index in [1.165, 1.54) is 41.0 Å². The number of allylic oxidation sites excluding steroid dienone is 5. The summed E-state index contributed by atoms with van der Waals surface area (Å²) in [6.07, 6.45) is 38.3. The van der Waals surface area contributed by atoms with E-state index >= 15 is 0 Å². The molecular formula is C93H128Cl4N12O24S2. The predicted octanol–water partition coefficient (Wildman–Crippen LogP) is 15.2. The Labute approximate surface area is 809 Å². The minimum atomic E-state index is -3.47. The number of nitrogens with one attached hydrogen (secondary N) is 1. The van der Waals surface area contributed by atoms with E-state index in [9.17, 15) is 89.1 Å². The molecule has 4 heterocycles. The van der Waals surface area contributed by atoms with Gasteiger partial charge in [-0.1, -0.05) is 65.5 Å². The number of amides is 2.